The Labute approximate surface area is 404 Å². The molecule has 68 heavy (non-hydrogen) atoms. The highest BCUT2D eigenvalue weighted by atomic mass is 28.1. The van der Waals surface area contributed by atoms with Gasteiger partial charge in [0.2, 0.25) is 23.6 Å². The van der Waals surface area contributed by atoms with E-state index in [0.717, 1.165) is 50.1 Å². The number of cyclic esters (lactones) is 1. The third kappa shape index (κ3) is 10.3. The number of methoxy groups -OCH3 is 1. The molecule has 7 atom stereocenters. The van der Waals surface area contributed by atoms with E-state index in [1.54, 1.807) is 30.3 Å². The van der Waals surface area contributed by atoms with Gasteiger partial charge in [0, 0.05) is 84.3 Å². The predicted molar refractivity (Wildman–Crippen MR) is 268 cm³/mol. The molecule has 3 aliphatic heterocycles. The maximum Gasteiger partial charge on any atom is 0.324 e. The van der Waals surface area contributed by atoms with Crippen LogP contribution >= 0.6 is 0 Å². The third-order valence-electron chi connectivity index (χ3n) is 14.4. The summed E-state index contributed by atoms with van der Waals surface area (Å²) < 4.78 is 14.3. The average molecular weight is 946 g/mol. The average Bonchev–Trinajstić information content (AvgIpc) is 3.87. The van der Waals surface area contributed by atoms with Crippen LogP contribution in [0.25, 0.3) is 33.3 Å². The molecule has 7 rings (SSSR count). The molecule has 2 N–H and O–H groups in total. The minimum absolute atomic E-state index is 0.0924. The number of aryl methyl sites for hydroxylation is 1. The Morgan fingerprint density at radius 2 is 1.84 bits per heavy atom. The van der Waals surface area contributed by atoms with Crippen molar-refractivity contribution in [3.05, 3.63) is 90.3 Å². The first kappa shape index (κ1) is 50.2. The number of hydrogen-bond donors (Lipinski definition) is 2. The van der Waals surface area contributed by atoms with Crippen molar-refractivity contribution in [2.75, 3.05) is 40.4 Å². The van der Waals surface area contributed by atoms with Crippen molar-refractivity contribution in [3.8, 4) is 22.4 Å². The molecule has 2 saturated heterocycles. The van der Waals surface area contributed by atoms with Gasteiger partial charge >= 0.3 is 5.97 Å². The first-order chi connectivity index (χ1) is 32.4. The lowest BCUT2D eigenvalue weighted by molar-refractivity contribution is -0.155. The number of ether oxygens (including phenoxy) is 2. The fourth-order valence-corrected chi connectivity index (χ4v) is 11.4. The molecular formula is C53H71N7O7Si. The largest absolute Gasteiger partial charge is 0.464 e. The number of carbonyl (C=O) groups is 5. The van der Waals surface area contributed by atoms with E-state index in [-0.39, 0.29) is 54.7 Å². The summed E-state index contributed by atoms with van der Waals surface area (Å²) in [6.07, 6.45) is 4.84. The van der Waals surface area contributed by atoms with Crippen LogP contribution in [0.5, 0.6) is 0 Å². The van der Waals surface area contributed by atoms with Gasteiger partial charge in [0.1, 0.15) is 12.1 Å². The van der Waals surface area contributed by atoms with Gasteiger partial charge < -0.3 is 29.2 Å². The van der Waals surface area contributed by atoms with Crippen LogP contribution in [0.2, 0.25) is 0 Å². The number of carbonyl (C=O) groups excluding carboxylic acids is 5. The van der Waals surface area contributed by atoms with Crippen molar-refractivity contribution in [1.29, 1.82) is 0 Å². The van der Waals surface area contributed by atoms with E-state index in [4.69, 9.17) is 14.5 Å². The normalized spacial score (nSPS) is 22.3. The van der Waals surface area contributed by atoms with Gasteiger partial charge in [-0.1, -0.05) is 71.5 Å². The second-order valence-electron chi connectivity index (χ2n) is 20.4. The van der Waals surface area contributed by atoms with Crippen LogP contribution in [0.3, 0.4) is 0 Å². The molecule has 5 heterocycles. The number of hydrazine groups is 1. The van der Waals surface area contributed by atoms with Crippen molar-refractivity contribution in [1.82, 2.24) is 35.1 Å². The summed E-state index contributed by atoms with van der Waals surface area (Å²) in [5.41, 5.74) is 10.3. The second kappa shape index (κ2) is 20.9. The van der Waals surface area contributed by atoms with Crippen molar-refractivity contribution >= 4 is 50.7 Å². The molecule has 0 saturated carbocycles. The van der Waals surface area contributed by atoms with E-state index >= 15 is 0 Å². The van der Waals surface area contributed by atoms with Gasteiger partial charge in [0.05, 0.1) is 35.9 Å². The molecule has 364 valence electrons. The van der Waals surface area contributed by atoms with Crippen molar-refractivity contribution in [3.63, 3.8) is 0 Å². The molecule has 4 amide bonds. The smallest absolute Gasteiger partial charge is 0.324 e. The van der Waals surface area contributed by atoms with Crippen LogP contribution in [0.15, 0.2) is 73.4 Å². The van der Waals surface area contributed by atoms with Gasteiger partial charge in [0.25, 0.3) is 0 Å². The lowest BCUT2D eigenvalue weighted by Crippen LogP contribution is -2.61. The van der Waals surface area contributed by atoms with Gasteiger partial charge in [-0.2, -0.15) is 0 Å². The van der Waals surface area contributed by atoms with Crippen LogP contribution in [0.4, 0.5) is 0 Å². The number of likely N-dealkylation sites (tertiary alicyclic amines) is 1. The number of pyridine rings is 1. The van der Waals surface area contributed by atoms with E-state index in [0.29, 0.717) is 55.6 Å². The van der Waals surface area contributed by atoms with Gasteiger partial charge in [-0.15, -0.1) is 0 Å². The van der Waals surface area contributed by atoms with Gasteiger partial charge in [-0.3, -0.25) is 34.0 Å². The van der Waals surface area contributed by atoms with Crippen LogP contribution in [-0.2, 0) is 52.8 Å². The number of benzene rings is 2. The van der Waals surface area contributed by atoms with E-state index < -0.39 is 41.0 Å². The van der Waals surface area contributed by atoms with Crippen LogP contribution < -0.4 is 10.7 Å². The van der Waals surface area contributed by atoms with E-state index in [9.17, 15) is 24.0 Å². The van der Waals surface area contributed by atoms with E-state index in [2.05, 4.69) is 79.1 Å². The van der Waals surface area contributed by atoms with E-state index in [1.165, 1.54) is 11.0 Å². The zero-order chi connectivity index (χ0) is 49.2. The fraction of sp³-hybridized carbons (Fsp3) is 0.509. The molecule has 1 unspecified atom stereocenters. The van der Waals surface area contributed by atoms with Crippen molar-refractivity contribution in [2.45, 2.75) is 105 Å². The highest BCUT2D eigenvalue weighted by Gasteiger charge is 2.42. The number of nitrogens with zero attached hydrogens (tertiary/aromatic N) is 5. The summed E-state index contributed by atoms with van der Waals surface area (Å²) in [5.74, 6) is -2.89. The number of aromatic nitrogens is 2. The zero-order valence-corrected chi connectivity index (χ0v) is 43.6. The Bertz CT molecular complexity index is 2560. The molecule has 2 aromatic carbocycles. The number of rotatable bonds is 11. The number of nitrogens with one attached hydrogen (secondary N) is 2. The molecule has 2 aromatic heterocycles. The first-order valence-electron chi connectivity index (χ1n) is 24.3. The monoisotopic (exact) mass is 946 g/mol. The molecule has 14 nitrogen and oxygen atoms in total. The van der Waals surface area contributed by atoms with Crippen molar-refractivity contribution in [2.24, 2.45) is 29.1 Å². The standard InChI is InChI=1S/C53H71N7O7Si/c1-11-44(61)58-28-32(5)41(29-58)50(63)57(9)46(31(3)4)48(62)55-49(68)39-25-34-16-13-17-35(24-34)36-20-21-43-38(26-36)40(47(59(43)12-2)37-18-14-22-54-45(37)33(6)66-10)27-53(7,8)30-67-52(65)42-19-15-23-60(56-42)51(39)64/h11,13-14,16-18,20-22,24,26,31-33,39,41-42,46,49,56H,1,12,15,19,23,25,27-30H2,2-10,68H3,(H,55,62)/t32-,33-,39?,41-,42-,46-,49-/m0/s1. The zero-order valence-electron chi connectivity index (χ0n) is 41.6. The number of amides is 4. The maximum atomic E-state index is 14.9. The Hall–Kier alpha value is -5.64. The second-order valence-corrected chi connectivity index (χ2v) is 21.6. The fourth-order valence-electron chi connectivity index (χ4n) is 10.6. The minimum Gasteiger partial charge on any atom is -0.464 e. The quantitative estimate of drug-likeness (QED) is 0.114. The molecule has 0 aliphatic carbocycles. The Morgan fingerprint density at radius 1 is 1.09 bits per heavy atom. The Morgan fingerprint density at radius 3 is 2.54 bits per heavy atom. The molecule has 6 bridgehead atoms. The predicted octanol–water partition coefficient (Wildman–Crippen LogP) is 5.45. The highest BCUT2D eigenvalue weighted by Crippen LogP contribution is 2.42. The van der Waals surface area contributed by atoms with Crippen molar-refractivity contribution < 1.29 is 33.4 Å². The summed E-state index contributed by atoms with van der Waals surface area (Å²) in [6, 6.07) is 17.4. The summed E-state index contributed by atoms with van der Waals surface area (Å²) in [5, 5.41) is 5.88. The summed E-state index contributed by atoms with van der Waals surface area (Å²) in [4.78, 5) is 77.9. The maximum absolute atomic E-state index is 14.9. The molecule has 4 aromatic rings. The summed E-state index contributed by atoms with van der Waals surface area (Å²) in [6.45, 7) is 19.7. The van der Waals surface area contributed by atoms with E-state index in [1.807, 2.05) is 45.9 Å². The molecule has 3 aliphatic rings. The number of likely N-dealkylation sites (N-methyl/N-ethyl adjacent to an activating group) is 1. The lowest BCUT2D eigenvalue weighted by Gasteiger charge is -2.38. The van der Waals surface area contributed by atoms with Gasteiger partial charge in [-0.05, 0) is 104 Å². The Kier molecular flexibility index (Phi) is 15.5. The number of hydrogen-bond acceptors (Lipinski definition) is 9. The number of fused-ring (bicyclic) bond motifs is 6. The molecule has 2 fully saturated rings. The summed E-state index contributed by atoms with van der Waals surface area (Å²) in [7, 11) is 3.76. The van der Waals surface area contributed by atoms with Gasteiger partial charge in [-0.25, -0.2) is 5.43 Å². The minimum atomic E-state index is -0.819. The molecule has 15 heteroatoms. The lowest BCUT2D eigenvalue weighted by atomic mass is 9.84. The van der Waals surface area contributed by atoms with Gasteiger partial charge in [0.15, 0.2) is 0 Å². The highest BCUT2D eigenvalue weighted by molar-refractivity contribution is 6.15. The molecule has 0 radical (unpaired) electrons. The molecule has 0 spiro atoms. The van der Waals surface area contributed by atoms with Crippen LogP contribution in [0, 0.1) is 29.1 Å². The first-order valence-corrected chi connectivity index (χ1v) is 25.5. The Balaban J connectivity index is 1.27. The van der Waals surface area contributed by atoms with Crippen LogP contribution in [-0.4, -0.2) is 122 Å². The molecular weight excluding hydrogens is 875 g/mol. The topological polar surface area (TPSA) is 155 Å². The SMILES string of the molecule is C=CC(=O)N1C[C@H](C(=O)N(C)[C@H](C(=O)N[C@@H]([SiH3])C2Cc3cccc(c3)-c3ccc4c(c3)c(c(-c3cccnc3[C@H](C)OC)n4CC)CC(C)(C)COC(=O)[C@@H]3CCCN(N3)C2=O)C(C)C)[C@@H](C)C1. The third-order valence-corrected chi connectivity index (χ3v) is 15.5. The summed E-state index contributed by atoms with van der Waals surface area (Å²) >= 11 is 0. The number of esters is 1. The van der Waals surface area contributed by atoms with Crippen LogP contribution in [0.1, 0.15) is 84.2 Å².